The first-order chi connectivity index (χ1) is 15.0. The summed E-state index contributed by atoms with van der Waals surface area (Å²) in [4.78, 5) is 28.7. The van der Waals surface area contributed by atoms with E-state index in [0.717, 1.165) is 55.4 Å². The van der Waals surface area contributed by atoms with Crippen molar-refractivity contribution in [2.45, 2.75) is 38.1 Å². The van der Waals surface area contributed by atoms with Crippen LogP contribution >= 0.6 is 15.9 Å². The van der Waals surface area contributed by atoms with Crippen molar-refractivity contribution in [2.24, 2.45) is 5.92 Å². The molecule has 2 aliphatic rings. The summed E-state index contributed by atoms with van der Waals surface area (Å²) in [6.07, 6.45) is 4.11. The van der Waals surface area contributed by atoms with Gasteiger partial charge in [0.25, 0.3) is 0 Å². The van der Waals surface area contributed by atoms with Crippen molar-refractivity contribution in [3.05, 3.63) is 64.4 Å². The fourth-order valence-electron chi connectivity index (χ4n) is 4.48. The molecule has 2 aromatic carbocycles. The molecule has 1 atom stereocenters. The van der Waals surface area contributed by atoms with E-state index in [0.29, 0.717) is 18.0 Å². The highest BCUT2D eigenvalue weighted by molar-refractivity contribution is 9.10. The van der Waals surface area contributed by atoms with Crippen molar-refractivity contribution in [3.8, 4) is 0 Å². The monoisotopic (exact) mass is 487 g/mol. The Hall–Kier alpha value is -2.25. The predicted molar refractivity (Wildman–Crippen MR) is 122 cm³/mol. The highest BCUT2D eigenvalue weighted by Gasteiger charge is 2.33. The quantitative estimate of drug-likeness (QED) is 0.639. The molecule has 5 nitrogen and oxygen atoms in total. The Balaban J connectivity index is 1.23. The van der Waals surface area contributed by atoms with Crippen LogP contribution in [0.25, 0.3) is 0 Å². The van der Waals surface area contributed by atoms with Gasteiger partial charge in [-0.15, -0.1) is 0 Å². The van der Waals surface area contributed by atoms with Gasteiger partial charge in [0.15, 0.2) is 0 Å². The summed E-state index contributed by atoms with van der Waals surface area (Å²) in [7, 11) is 0. The fourth-order valence-corrected chi connectivity index (χ4v) is 4.89. The molecule has 0 spiro atoms. The molecule has 31 heavy (non-hydrogen) atoms. The Bertz CT molecular complexity index is 914. The van der Waals surface area contributed by atoms with Gasteiger partial charge in [-0.1, -0.05) is 34.1 Å². The van der Waals surface area contributed by atoms with Gasteiger partial charge < -0.3 is 10.2 Å². The molecule has 2 saturated heterocycles. The van der Waals surface area contributed by atoms with E-state index in [1.165, 1.54) is 11.0 Å². The molecule has 2 heterocycles. The molecule has 0 saturated carbocycles. The molecule has 4 rings (SSSR count). The minimum absolute atomic E-state index is 0.124. The smallest absolute Gasteiger partial charge is 0.328 e. The van der Waals surface area contributed by atoms with E-state index in [4.69, 9.17) is 0 Å². The molecule has 2 aliphatic heterocycles. The number of likely N-dealkylation sites (tertiary alicyclic amines) is 1. The number of anilines is 1. The van der Waals surface area contributed by atoms with Gasteiger partial charge in [-0.2, -0.15) is 0 Å². The number of nitrogens with one attached hydrogen (secondary N) is 1. The number of hydrogen-bond acceptors (Lipinski definition) is 3. The fraction of sp³-hybridized carbons (Fsp3) is 0.417. The normalized spacial score (nSPS) is 20.7. The van der Waals surface area contributed by atoms with E-state index in [9.17, 15) is 14.0 Å². The Labute approximate surface area is 190 Å². The third-order valence-electron chi connectivity index (χ3n) is 6.23. The van der Waals surface area contributed by atoms with E-state index in [-0.39, 0.29) is 23.8 Å². The van der Waals surface area contributed by atoms with Crippen LogP contribution in [0.5, 0.6) is 0 Å². The predicted octanol–water partition coefficient (Wildman–Crippen LogP) is 4.75. The zero-order chi connectivity index (χ0) is 21.8. The third-order valence-corrected chi connectivity index (χ3v) is 7.01. The van der Waals surface area contributed by atoms with Crippen molar-refractivity contribution < 1.29 is 14.0 Å². The summed E-state index contributed by atoms with van der Waals surface area (Å²) in [6.45, 7) is 2.84. The second-order valence-corrected chi connectivity index (χ2v) is 9.28. The van der Waals surface area contributed by atoms with Crippen LogP contribution in [0.4, 0.5) is 14.9 Å². The van der Waals surface area contributed by atoms with Crippen molar-refractivity contribution >= 4 is 33.6 Å². The number of imide groups is 1. The van der Waals surface area contributed by atoms with Gasteiger partial charge in [0.1, 0.15) is 5.82 Å². The largest absolute Gasteiger partial charge is 0.334 e. The molecule has 1 unspecified atom stereocenters. The number of urea groups is 1. The molecule has 7 heteroatoms. The summed E-state index contributed by atoms with van der Waals surface area (Å²) in [5.41, 5.74) is 1.64. The van der Waals surface area contributed by atoms with E-state index in [1.807, 2.05) is 18.2 Å². The molecule has 0 aliphatic carbocycles. The molecule has 2 fully saturated rings. The van der Waals surface area contributed by atoms with Gasteiger partial charge in [-0.3, -0.25) is 4.79 Å². The number of hydrogen-bond donors (Lipinski definition) is 1. The van der Waals surface area contributed by atoms with Crippen LogP contribution in [0.2, 0.25) is 0 Å². The van der Waals surface area contributed by atoms with Crippen molar-refractivity contribution in [1.29, 1.82) is 0 Å². The maximum Gasteiger partial charge on any atom is 0.328 e. The number of rotatable bonds is 6. The minimum Gasteiger partial charge on any atom is -0.334 e. The number of benzene rings is 2. The molecule has 164 valence electrons. The first-order valence-electron chi connectivity index (χ1n) is 10.8. The highest BCUT2D eigenvalue weighted by atomic mass is 79.9. The Morgan fingerprint density at radius 3 is 2.52 bits per heavy atom. The molecule has 0 bridgehead atoms. The van der Waals surface area contributed by atoms with Gasteiger partial charge >= 0.3 is 6.03 Å². The van der Waals surface area contributed by atoms with Gasteiger partial charge in [0, 0.05) is 23.5 Å². The van der Waals surface area contributed by atoms with Crippen molar-refractivity contribution in [3.63, 3.8) is 0 Å². The number of nitrogens with zero attached hydrogens (tertiary/aromatic N) is 2. The van der Waals surface area contributed by atoms with Gasteiger partial charge in [-0.25, -0.2) is 14.1 Å². The Morgan fingerprint density at radius 1 is 1.06 bits per heavy atom. The maximum atomic E-state index is 13.5. The van der Waals surface area contributed by atoms with Crippen molar-refractivity contribution in [2.75, 3.05) is 24.5 Å². The van der Waals surface area contributed by atoms with E-state index in [1.54, 1.807) is 24.3 Å². The molecule has 2 aromatic rings. The van der Waals surface area contributed by atoms with Crippen molar-refractivity contribution in [1.82, 2.24) is 10.2 Å². The number of halogens is 2. The second-order valence-electron chi connectivity index (χ2n) is 8.43. The van der Waals surface area contributed by atoms with Crippen LogP contribution in [-0.4, -0.2) is 42.5 Å². The Kier molecular flexibility index (Phi) is 7.02. The minimum atomic E-state index is -0.341. The van der Waals surface area contributed by atoms with Crippen LogP contribution in [-0.2, 0) is 11.2 Å². The summed E-state index contributed by atoms with van der Waals surface area (Å²) in [6, 6.07) is 13.4. The van der Waals surface area contributed by atoms with Gasteiger partial charge in [-0.05, 0) is 80.6 Å². The van der Waals surface area contributed by atoms with Crippen LogP contribution in [0, 0.1) is 11.7 Å². The molecule has 3 amide bonds. The zero-order valence-electron chi connectivity index (χ0n) is 17.4. The summed E-state index contributed by atoms with van der Waals surface area (Å²) in [5, 5.41) is 2.99. The standard InChI is InChI=1S/C24H27BrFN3O2/c25-22-7-6-19(26)15-18(22)14-17-8-11-28(12-9-17)13-10-20-16-23(30)29(24(31)27-20)21-4-2-1-3-5-21/h1-7,15,17,20H,8-14,16H2,(H,27,31). The first kappa shape index (κ1) is 22.0. The molecule has 0 aromatic heterocycles. The second kappa shape index (κ2) is 9.92. The van der Waals surface area contributed by atoms with Crippen LogP contribution in [0.15, 0.2) is 53.0 Å². The summed E-state index contributed by atoms with van der Waals surface area (Å²) < 4.78 is 14.5. The van der Waals surface area contributed by atoms with Crippen LogP contribution in [0.3, 0.4) is 0 Å². The zero-order valence-corrected chi connectivity index (χ0v) is 19.0. The number of amides is 3. The van der Waals surface area contributed by atoms with Gasteiger partial charge in [0.05, 0.1) is 5.69 Å². The lowest BCUT2D eigenvalue weighted by molar-refractivity contribution is -0.119. The lowest BCUT2D eigenvalue weighted by Gasteiger charge is -2.35. The summed E-state index contributed by atoms with van der Waals surface area (Å²) in [5.74, 6) is 0.203. The average Bonchev–Trinajstić information content (AvgIpc) is 2.76. The SMILES string of the molecule is O=C1CC(CCN2CCC(Cc3cc(F)ccc3Br)CC2)NC(=O)N1c1ccccc1. The molecular weight excluding hydrogens is 461 g/mol. The molecule has 0 radical (unpaired) electrons. The number of para-hydroxylation sites is 1. The van der Waals surface area contributed by atoms with Crippen LogP contribution < -0.4 is 10.2 Å². The lowest BCUT2D eigenvalue weighted by atomic mass is 9.90. The van der Waals surface area contributed by atoms with Crippen LogP contribution in [0.1, 0.15) is 31.2 Å². The molecular formula is C24H27BrFN3O2. The van der Waals surface area contributed by atoms with E-state index < -0.39 is 0 Å². The first-order valence-corrected chi connectivity index (χ1v) is 11.6. The number of carbonyl (C=O) groups is 2. The highest BCUT2D eigenvalue weighted by Crippen LogP contribution is 2.27. The lowest BCUT2D eigenvalue weighted by Crippen LogP contribution is -2.55. The van der Waals surface area contributed by atoms with E-state index in [2.05, 4.69) is 26.1 Å². The third kappa shape index (κ3) is 5.52. The average molecular weight is 488 g/mol. The number of piperidine rings is 1. The maximum absolute atomic E-state index is 13.5. The van der Waals surface area contributed by atoms with E-state index >= 15 is 0 Å². The van der Waals surface area contributed by atoms with Gasteiger partial charge in [0.2, 0.25) is 5.91 Å². The Morgan fingerprint density at radius 2 is 1.81 bits per heavy atom. The molecule has 1 N–H and O–H groups in total. The summed E-state index contributed by atoms with van der Waals surface area (Å²) >= 11 is 3.52. The topological polar surface area (TPSA) is 52.7 Å². The number of carbonyl (C=O) groups excluding carboxylic acids is 2.